The van der Waals surface area contributed by atoms with Crippen LogP contribution in [0.3, 0.4) is 0 Å². The van der Waals surface area contributed by atoms with Gasteiger partial charge in [-0.2, -0.15) is 0 Å². The first-order valence-corrected chi connectivity index (χ1v) is 8.35. The van der Waals surface area contributed by atoms with Crippen LogP contribution < -0.4 is 5.63 Å². The third kappa shape index (κ3) is 3.74. The predicted molar refractivity (Wildman–Crippen MR) is 93.9 cm³/mol. The van der Waals surface area contributed by atoms with Crippen LogP contribution in [0.25, 0.3) is 11.0 Å². The number of rotatable bonds is 5. The molecule has 2 aromatic heterocycles. The SMILES string of the molecule is CCOC(=O)Cc1csc(N=Cc2c(O)c3ccccc3oc2=O)n1. The fourth-order valence-corrected chi connectivity index (χ4v) is 2.84. The van der Waals surface area contributed by atoms with Gasteiger partial charge in [-0.1, -0.05) is 12.1 Å². The van der Waals surface area contributed by atoms with Crippen LogP contribution in [0, 0.1) is 0 Å². The maximum absolute atomic E-state index is 12.0. The maximum atomic E-state index is 12.0. The van der Waals surface area contributed by atoms with Gasteiger partial charge < -0.3 is 14.3 Å². The van der Waals surface area contributed by atoms with Crippen molar-refractivity contribution in [1.82, 2.24) is 4.98 Å². The Kier molecular flexibility index (Phi) is 4.90. The number of para-hydroxylation sites is 1. The lowest BCUT2D eigenvalue weighted by molar-refractivity contribution is -0.142. The van der Waals surface area contributed by atoms with Crippen LogP contribution in [-0.4, -0.2) is 28.9 Å². The van der Waals surface area contributed by atoms with Crippen LogP contribution >= 0.6 is 11.3 Å². The highest BCUT2D eigenvalue weighted by Crippen LogP contribution is 2.26. The number of benzene rings is 1. The van der Waals surface area contributed by atoms with E-state index in [1.165, 1.54) is 17.6 Å². The summed E-state index contributed by atoms with van der Waals surface area (Å²) < 4.78 is 10.0. The normalized spacial score (nSPS) is 11.2. The Morgan fingerprint density at radius 2 is 2.24 bits per heavy atom. The van der Waals surface area contributed by atoms with Crippen LogP contribution in [0.2, 0.25) is 0 Å². The summed E-state index contributed by atoms with van der Waals surface area (Å²) in [5.41, 5.74) is 0.0857. The van der Waals surface area contributed by atoms with Crippen molar-refractivity contribution in [2.24, 2.45) is 4.99 Å². The van der Waals surface area contributed by atoms with Crippen molar-refractivity contribution in [1.29, 1.82) is 0 Å². The number of fused-ring (bicyclic) bond motifs is 1. The lowest BCUT2D eigenvalue weighted by Gasteiger charge is -2.01. The van der Waals surface area contributed by atoms with Crippen LogP contribution in [-0.2, 0) is 16.0 Å². The summed E-state index contributed by atoms with van der Waals surface area (Å²) in [5.74, 6) is -0.560. The highest BCUT2D eigenvalue weighted by molar-refractivity contribution is 7.13. The van der Waals surface area contributed by atoms with E-state index < -0.39 is 5.63 Å². The van der Waals surface area contributed by atoms with Crippen molar-refractivity contribution < 1.29 is 19.1 Å². The highest BCUT2D eigenvalue weighted by atomic mass is 32.1. The van der Waals surface area contributed by atoms with E-state index >= 15 is 0 Å². The molecule has 0 spiro atoms. The molecule has 0 bridgehead atoms. The fourth-order valence-electron chi connectivity index (χ4n) is 2.18. The Labute approximate surface area is 146 Å². The zero-order valence-electron chi connectivity index (χ0n) is 13.3. The molecule has 0 aliphatic heterocycles. The Morgan fingerprint density at radius 1 is 1.44 bits per heavy atom. The van der Waals surface area contributed by atoms with Crippen LogP contribution in [0.1, 0.15) is 18.2 Å². The number of aliphatic imine (C=N–C) groups is 1. The Morgan fingerprint density at radius 3 is 3.04 bits per heavy atom. The molecule has 3 rings (SSSR count). The molecule has 2 heterocycles. The summed E-state index contributed by atoms with van der Waals surface area (Å²) in [6.07, 6.45) is 1.27. The first-order valence-electron chi connectivity index (χ1n) is 7.47. The Balaban J connectivity index is 1.85. The molecule has 0 amide bonds. The smallest absolute Gasteiger partial charge is 0.348 e. The lowest BCUT2D eigenvalue weighted by Crippen LogP contribution is -2.07. The maximum Gasteiger partial charge on any atom is 0.348 e. The van der Waals surface area contributed by atoms with E-state index in [2.05, 4.69) is 9.98 Å². The second-order valence-electron chi connectivity index (χ2n) is 5.01. The molecule has 8 heteroatoms. The molecule has 0 unspecified atom stereocenters. The molecule has 0 aliphatic rings. The van der Waals surface area contributed by atoms with Gasteiger partial charge >= 0.3 is 11.6 Å². The monoisotopic (exact) mass is 358 g/mol. The van der Waals surface area contributed by atoms with Gasteiger partial charge in [0.05, 0.1) is 24.1 Å². The first kappa shape index (κ1) is 16.8. The molecular weight excluding hydrogens is 344 g/mol. The van der Waals surface area contributed by atoms with Crippen LogP contribution in [0.4, 0.5) is 5.13 Å². The van der Waals surface area contributed by atoms with Gasteiger partial charge in [0.15, 0.2) is 0 Å². The van der Waals surface area contributed by atoms with Crippen LogP contribution in [0.15, 0.2) is 43.8 Å². The van der Waals surface area contributed by atoms with Gasteiger partial charge in [0.25, 0.3) is 0 Å². The van der Waals surface area contributed by atoms with Crippen molar-refractivity contribution in [3.05, 3.63) is 51.3 Å². The molecule has 0 aliphatic carbocycles. The standard InChI is InChI=1S/C17H14N2O5S/c1-2-23-14(20)7-10-9-25-17(19-10)18-8-12-15(21)11-5-3-4-6-13(11)24-16(12)22/h3-6,8-9,21H,2,7H2,1H3. The summed E-state index contributed by atoms with van der Waals surface area (Å²) in [5, 5.41) is 12.7. The third-order valence-electron chi connectivity index (χ3n) is 3.29. The minimum Gasteiger partial charge on any atom is -0.506 e. The van der Waals surface area contributed by atoms with E-state index in [1.807, 2.05) is 0 Å². The number of hydrogen-bond acceptors (Lipinski definition) is 8. The lowest BCUT2D eigenvalue weighted by atomic mass is 10.1. The topological polar surface area (TPSA) is 102 Å². The summed E-state index contributed by atoms with van der Waals surface area (Å²) in [6.45, 7) is 2.04. The van der Waals surface area contributed by atoms with Crippen molar-refractivity contribution in [2.75, 3.05) is 6.61 Å². The second-order valence-corrected chi connectivity index (χ2v) is 5.85. The number of nitrogens with zero attached hydrogens (tertiary/aromatic N) is 2. The number of carbonyl (C=O) groups excluding carboxylic acids is 1. The Hall–Kier alpha value is -3.00. The van der Waals surface area contributed by atoms with Gasteiger partial charge in [-0.3, -0.25) is 4.79 Å². The van der Waals surface area contributed by atoms with Gasteiger partial charge in [0, 0.05) is 11.6 Å². The number of thiazole rings is 1. The number of hydrogen-bond donors (Lipinski definition) is 1. The number of esters is 1. The van der Waals surface area contributed by atoms with E-state index in [4.69, 9.17) is 9.15 Å². The quantitative estimate of drug-likeness (QED) is 0.427. The van der Waals surface area contributed by atoms with E-state index in [1.54, 1.807) is 36.6 Å². The molecule has 0 saturated heterocycles. The predicted octanol–water partition coefficient (Wildman–Crippen LogP) is 2.81. The van der Waals surface area contributed by atoms with Gasteiger partial charge in [0.2, 0.25) is 5.13 Å². The van der Waals surface area contributed by atoms with Crippen molar-refractivity contribution in [3.8, 4) is 5.75 Å². The van der Waals surface area contributed by atoms with Gasteiger partial charge in [-0.15, -0.1) is 11.3 Å². The van der Waals surface area contributed by atoms with Gasteiger partial charge in [-0.05, 0) is 19.1 Å². The first-order chi connectivity index (χ1) is 12.1. The van der Waals surface area contributed by atoms with E-state index in [0.717, 1.165) is 0 Å². The van der Waals surface area contributed by atoms with Gasteiger partial charge in [-0.25, -0.2) is 14.8 Å². The van der Waals surface area contributed by atoms with Crippen molar-refractivity contribution in [3.63, 3.8) is 0 Å². The van der Waals surface area contributed by atoms with E-state index in [0.29, 0.717) is 28.4 Å². The number of carbonyl (C=O) groups is 1. The molecule has 0 saturated carbocycles. The summed E-state index contributed by atoms with van der Waals surface area (Å²) in [4.78, 5) is 31.7. The number of ether oxygens (including phenoxy) is 1. The minimum absolute atomic E-state index is 0.0548. The average molecular weight is 358 g/mol. The molecular formula is C17H14N2O5S. The zero-order chi connectivity index (χ0) is 17.8. The molecule has 1 N–H and O–H groups in total. The second kappa shape index (κ2) is 7.27. The van der Waals surface area contributed by atoms with Gasteiger partial charge in [0.1, 0.15) is 16.9 Å². The fraction of sp³-hybridized carbons (Fsp3) is 0.176. The summed E-state index contributed by atoms with van der Waals surface area (Å²) in [7, 11) is 0. The molecule has 3 aromatic rings. The average Bonchev–Trinajstić information content (AvgIpc) is 3.02. The van der Waals surface area contributed by atoms with Crippen molar-refractivity contribution >= 4 is 39.6 Å². The minimum atomic E-state index is -0.691. The summed E-state index contributed by atoms with van der Waals surface area (Å²) in [6, 6.07) is 6.68. The molecule has 7 nitrogen and oxygen atoms in total. The number of aromatic nitrogens is 1. The van der Waals surface area contributed by atoms with E-state index in [9.17, 15) is 14.7 Å². The molecule has 25 heavy (non-hydrogen) atoms. The largest absolute Gasteiger partial charge is 0.506 e. The molecule has 0 atom stereocenters. The number of aromatic hydroxyl groups is 1. The van der Waals surface area contributed by atoms with Crippen LogP contribution in [0.5, 0.6) is 5.75 Å². The molecule has 0 fully saturated rings. The van der Waals surface area contributed by atoms with Crippen molar-refractivity contribution in [2.45, 2.75) is 13.3 Å². The summed E-state index contributed by atoms with van der Waals surface area (Å²) >= 11 is 1.21. The highest BCUT2D eigenvalue weighted by Gasteiger charge is 2.12. The zero-order valence-corrected chi connectivity index (χ0v) is 14.1. The molecule has 128 valence electrons. The molecule has 1 aromatic carbocycles. The molecule has 0 radical (unpaired) electrons. The van der Waals surface area contributed by atoms with E-state index in [-0.39, 0.29) is 23.7 Å². The third-order valence-corrected chi connectivity index (χ3v) is 4.09. The Bertz CT molecular complexity index is 1010.